The number of hydrogen-bond acceptors (Lipinski definition) is 9. The van der Waals surface area contributed by atoms with E-state index in [-0.39, 0.29) is 25.0 Å². The van der Waals surface area contributed by atoms with Crippen molar-refractivity contribution in [3.8, 4) is 0 Å². The van der Waals surface area contributed by atoms with Crippen molar-refractivity contribution >= 4 is 34.9 Å². The van der Waals surface area contributed by atoms with Crippen molar-refractivity contribution in [2.75, 3.05) is 31.0 Å². The number of aromatic nitrogens is 4. The highest BCUT2D eigenvalue weighted by Gasteiger charge is 2.32. The first kappa shape index (κ1) is 26.0. The summed E-state index contributed by atoms with van der Waals surface area (Å²) in [4.78, 5) is 43.7. The fraction of sp³-hybridized carbons (Fsp3) is 0.636. The molecular weight excluding hydrogens is 454 g/mol. The number of carboxylic acids is 1. The smallest absolute Gasteiger partial charge is 0.327 e. The van der Waals surface area contributed by atoms with Crippen molar-refractivity contribution in [1.29, 1.82) is 0 Å². The summed E-state index contributed by atoms with van der Waals surface area (Å²) in [5, 5.41) is 9.91. The number of aliphatic imine (C=N–C) groups is 1. The van der Waals surface area contributed by atoms with Gasteiger partial charge in [-0.05, 0) is 32.1 Å². The van der Waals surface area contributed by atoms with Gasteiger partial charge in [0, 0.05) is 14.1 Å². The number of nitrogens with one attached hydrogen (secondary N) is 1. The van der Waals surface area contributed by atoms with E-state index in [2.05, 4.69) is 25.4 Å². The molecule has 13 heteroatoms. The molecule has 3 atom stereocenters. The summed E-state index contributed by atoms with van der Waals surface area (Å²) in [6.45, 7) is 1.81. The van der Waals surface area contributed by atoms with E-state index in [4.69, 9.17) is 16.2 Å². The van der Waals surface area contributed by atoms with Crippen LogP contribution in [0.1, 0.15) is 45.4 Å². The average molecular weight is 490 g/mol. The van der Waals surface area contributed by atoms with Crippen molar-refractivity contribution in [1.82, 2.24) is 19.6 Å². The SMILES string of the molecule is CC(OC(=O)C(CN=C(N)N)C[C@@H](Nn1cnc2c(N(C)C)ncnc21)C(=O)O)C1CCCCC1. The minimum Gasteiger partial charge on any atom is -0.480 e. The summed E-state index contributed by atoms with van der Waals surface area (Å²) in [7, 11) is 3.64. The van der Waals surface area contributed by atoms with Gasteiger partial charge in [0.2, 0.25) is 0 Å². The molecule has 1 saturated carbocycles. The summed E-state index contributed by atoms with van der Waals surface area (Å²) in [5.41, 5.74) is 14.7. The standard InChI is InChI=1S/C22H35N9O4/c1-13(14-7-5-4-6-8-14)35-21(34)15(10-25-22(23)24)9-16(20(32)33)29-31-12-28-17-18(30(2)3)26-11-27-19(17)31/h11-16,29H,4-10H2,1-3H3,(H,32,33)(H4,23,24,25)/t13?,15?,16-/m1/s1. The molecule has 3 rings (SSSR count). The normalized spacial score (nSPS) is 16.8. The number of nitrogens with two attached hydrogens (primary N) is 2. The van der Waals surface area contributed by atoms with Gasteiger partial charge in [-0.3, -0.25) is 9.79 Å². The molecule has 0 saturated heterocycles. The fourth-order valence-corrected chi connectivity index (χ4v) is 4.35. The van der Waals surface area contributed by atoms with E-state index in [9.17, 15) is 14.7 Å². The van der Waals surface area contributed by atoms with Crippen LogP contribution in [0, 0.1) is 11.8 Å². The van der Waals surface area contributed by atoms with Crippen molar-refractivity contribution < 1.29 is 19.4 Å². The van der Waals surface area contributed by atoms with Gasteiger partial charge < -0.3 is 31.6 Å². The zero-order valence-corrected chi connectivity index (χ0v) is 20.4. The Morgan fingerprint density at radius 3 is 2.60 bits per heavy atom. The largest absolute Gasteiger partial charge is 0.480 e. The van der Waals surface area contributed by atoms with Crippen molar-refractivity contribution in [2.45, 2.75) is 57.6 Å². The molecule has 1 aliphatic rings. The number of guanidine groups is 1. The van der Waals surface area contributed by atoms with Crippen LogP contribution in [0.3, 0.4) is 0 Å². The molecule has 0 aromatic carbocycles. The zero-order chi connectivity index (χ0) is 25.5. The van der Waals surface area contributed by atoms with Gasteiger partial charge in [-0.15, -0.1) is 0 Å². The first-order chi connectivity index (χ1) is 16.7. The van der Waals surface area contributed by atoms with Crippen LogP contribution >= 0.6 is 0 Å². The third kappa shape index (κ3) is 6.70. The molecule has 2 aromatic heterocycles. The van der Waals surface area contributed by atoms with E-state index >= 15 is 0 Å². The zero-order valence-electron chi connectivity index (χ0n) is 20.4. The molecule has 0 spiro atoms. The third-order valence-corrected chi connectivity index (χ3v) is 6.29. The van der Waals surface area contributed by atoms with Gasteiger partial charge in [0.1, 0.15) is 24.8 Å². The molecule has 192 valence electrons. The van der Waals surface area contributed by atoms with E-state index < -0.39 is 23.9 Å². The lowest BCUT2D eigenvalue weighted by Crippen LogP contribution is -2.40. The molecular formula is C22H35N9O4. The Morgan fingerprint density at radius 1 is 1.26 bits per heavy atom. The number of aliphatic carboxylic acids is 1. The number of carboxylic acid groups (broad SMARTS) is 1. The van der Waals surface area contributed by atoms with Crippen LogP contribution in [0.4, 0.5) is 5.82 Å². The molecule has 1 fully saturated rings. The Morgan fingerprint density at radius 2 is 1.97 bits per heavy atom. The maximum absolute atomic E-state index is 13.1. The van der Waals surface area contributed by atoms with Crippen LogP contribution in [0.2, 0.25) is 0 Å². The Labute approximate surface area is 203 Å². The van der Waals surface area contributed by atoms with Crippen LogP contribution in [0.25, 0.3) is 11.2 Å². The number of imidazole rings is 1. The Hall–Kier alpha value is -3.64. The number of esters is 1. The van der Waals surface area contributed by atoms with Gasteiger partial charge in [0.15, 0.2) is 22.9 Å². The summed E-state index contributed by atoms with van der Waals surface area (Å²) in [5.74, 6) is -1.83. The predicted molar refractivity (Wildman–Crippen MR) is 131 cm³/mol. The molecule has 2 heterocycles. The monoisotopic (exact) mass is 489 g/mol. The summed E-state index contributed by atoms with van der Waals surface area (Å²) in [6.07, 6.45) is 7.89. The Balaban J connectivity index is 1.78. The van der Waals surface area contributed by atoms with Crippen LogP contribution in [-0.2, 0) is 14.3 Å². The third-order valence-electron chi connectivity index (χ3n) is 6.29. The van der Waals surface area contributed by atoms with Crippen molar-refractivity contribution in [2.24, 2.45) is 28.3 Å². The maximum atomic E-state index is 13.1. The molecule has 6 N–H and O–H groups in total. The number of rotatable bonds is 11. The summed E-state index contributed by atoms with van der Waals surface area (Å²) in [6, 6.07) is -1.16. The minimum atomic E-state index is -1.16. The van der Waals surface area contributed by atoms with Gasteiger partial charge in [-0.25, -0.2) is 24.4 Å². The Bertz CT molecular complexity index is 1040. The maximum Gasteiger partial charge on any atom is 0.327 e. The average Bonchev–Trinajstić information content (AvgIpc) is 3.23. The van der Waals surface area contributed by atoms with Crippen LogP contribution in [0.15, 0.2) is 17.6 Å². The van der Waals surface area contributed by atoms with Gasteiger partial charge in [0.25, 0.3) is 0 Å². The van der Waals surface area contributed by atoms with Gasteiger partial charge in [-0.1, -0.05) is 19.3 Å². The van der Waals surface area contributed by atoms with Gasteiger partial charge in [0.05, 0.1) is 12.5 Å². The van der Waals surface area contributed by atoms with Crippen LogP contribution in [0.5, 0.6) is 0 Å². The predicted octanol–water partition coefficient (Wildman–Crippen LogP) is 0.681. The highest BCUT2D eigenvalue weighted by Crippen LogP contribution is 2.28. The quantitative estimate of drug-likeness (QED) is 0.197. The fourth-order valence-electron chi connectivity index (χ4n) is 4.35. The molecule has 0 aliphatic heterocycles. The van der Waals surface area contributed by atoms with E-state index in [1.165, 1.54) is 23.8 Å². The first-order valence-corrected chi connectivity index (χ1v) is 11.8. The highest BCUT2D eigenvalue weighted by atomic mass is 16.5. The lowest BCUT2D eigenvalue weighted by molar-refractivity contribution is -0.156. The number of hydrogen-bond donors (Lipinski definition) is 4. The lowest BCUT2D eigenvalue weighted by atomic mass is 9.86. The van der Waals surface area contributed by atoms with E-state index in [1.54, 1.807) is 4.90 Å². The number of nitrogens with zero attached hydrogens (tertiary/aromatic N) is 6. The second-order valence-corrected chi connectivity index (χ2v) is 9.14. The van der Waals surface area contributed by atoms with Crippen molar-refractivity contribution in [3.05, 3.63) is 12.7 Å². The molecule has 2 aromatic rings. The molecule has 35 heavy (non-hydrogen) atoms. The van der Waals surface area contributed by atoms with Crippen LogP contribution in [-0.4, -0.2) is 75.4 Å². The van der Waals surface area contributed by atoms with Crippen LogP contribution < -0.4 is 21.8 Å². The number of carbonyl (C=O) groups excluding carboxylic acids is 1. The van der Waals surface area contributed by atoms with E-state index in [0.717, 1.165) is 25.7 Å². The van der Waals surface area contributed by atoms with Gasteiger partial charge >= 0.3 is 11.9 Å². The molecule has 2 unspecified atom stereocenters. The van der Waals surface area contributed by atoms with Gasteiger partial charge in [-0.2, -0.15) is 0 Å². The number of ether oxygens (including phenoxy) is 1. The minimum absolute atomic E-state index is 0.0817. The second-order valence-electron chi connectivity index (χ2n) is 9.14. The molecule has 13 nitrogen and oxygen atoms in total. The topological polar surface area (TPSA) is 187 Å². The molecule has 0 radical (unpaired) electrons. The van der Waals surface area contributed by atoms with Crippen molar-refractivity contribution in [3.63, 3.8) is 0 Å². The summed E-state index contributed by atoms with van der Waals surface area (Å²) < 4.78 is 7.17. The number of anilines is 1. The lowest BCUT2D eigenvalue weighted by Gasteiger charge is -2.29. The van der Waals surface area contributed by atoms with E-state index in [0.29, 0.717) is 22.9 Å². The Kier molecular flexibility index (Phi) is 8.66. The molecule has 0 amide bonds. The number of carbonyl (C=O) groups is 2. The first-order valence-electron chi connectivity index (χ1n) is 11.8. The van der Waals surface area contributed by atoms with E-state index in [1.807, 2.05) is 21.0 Å². The molecule has 0 bridgehead atoms. The molecule has 1 aliphatic carbocycles. The highest BCUT2D eigenvalue weighted by molar-refractivity contribution is 5.84. The number of fused-ring (bicyclic) bond motifs is 1. The second kappa shape index (κ2) is 11.7. The summed E-state index contributed by atoms with van der Waals surface area (Å²) >= 11 is 0.